The van der Waals surface area contributed by atoms with Crippen molar-refractivity contribution >= 4 is 5.91 Å². The maximum Gasteiger partial charge on any atom is 0.222 e. The van der Waals surface area contributed by atoms with Gasteiger partial charge in [-0.25, -0.2) is 0 Å². The third-order valence-corrected chi connectivity index (χ3v) is 2.66. The number of hydrogen-bond acceptors (Lipinski definition) is 2. The van der Waals surface area contributed by atoms with Gasteiger partial charge >= 0.3 is 0 Å². The van der Waals surface area contributed by atoms with Gasteiger partial charge in [-0.1, -0.05) is 13.8 Å². The molecule has 3 heteroatoms. The van der Waals surface area contributed by atoms with E-state index < -0.39 is 0 Å². The first kappa shape index (κ1) is 13.5. The molecule has 0 bridgehead atoms. The SMILES string of the molecule is CC(C)CCC(=O)N1CC(OC(C)(C)C)C1. The summed E-state index contributed by atoms with van der Waals surface area (Å²) in [5.74, 6) is 0.884. The second kappa shape index (κ2) is 5.17. The lowest BCUT2D eigenvalue weighted by Gasteiger charge is -2.42. The molecule has 0 saturated carbocycles. The van der Waals surface area contributed by atoms with Crippen LogP contribution in [0, 0.1) is 5.92 Å². The zero-order valence-corrected chi connectivity index (χ0v) is 11.2. The fourth-order valence-corrected chi connectivity index (χ4v) is 1.79. The molecule has 94 valence electrons. The van der Waals surface area contributed by atoms with Gasteiger partial charge < -0.3 is 9.64 Å². The van der Waals surface area contributed by atoms with Gasteiger partial charge in [0, 0.05) is 19.5 Å². The van der Waals surface area contributed by atoms with Crippen LogP contribution in [0.3, 0.4) is 0 Å². The largest absolute Gasteiger partial charge is 0.369 e. The Hall–Kier alpha value is -0.570. The van der Waals surface area contributed by atoms with Crippen LogP contribution in [0.25, 0.3) is 0 Å². The molecule has 1 heterocycles. The number of carbonyl (C=O) groups is 1. The monoisotopic (exact) mass is 227 g/mol. The molecule has 1 fully saturated rings. The molecule has 0 radical (unpaired) electrons. The molecule has 0 N–H and O–H groups in total. The van der Waals surface area contributed by atoms with E-state index >= 15 is 0 Å². The molecule has 1 amide bonds. The number of amides is 1. The molecule has 0 spiro atoms. The van der Waals surface area contributed by atoms with Crippen LogP contribution in [0.1, 0.15) is 47.5 Å². The maximum atomic E-state index is 11.7. The zero-order valence-electron chi connectivity index (χ0n) is 11.2. The molecule has 1 saturated heterocycles. The first-order valence-electron chi connectivity index (χ1n) is 6.23. The van der Waals surface area contributed by atoms with E-state index in [0.29, 0.717) is 12.3 Å². The quantitative estimate of drug-likeness (QED) is 0.738. The summed E-state index contributed by atoms with van der Waals surface area (Å²) in [7, 11) is 0. The Bertz CT molecular complexity index is 237. The van der Waals surface area contributed by atoms with Crippen LogP contribution < -0.4 is 0 Å². The molecule has 16 heavy (non-hydrogen) atoms. The van der Waals surface area contributed by atoms with Crippen LogP contribution in [-0.4, -0.2) is 35.6 Å². The number of likely N-dealkylation sites (tertiary alicyclic amines) is 1. The highest BCUT2D eigenvalue weighted by molar-refractivity contribution is 5.77. The second-order valence-corrected chi connectivity index (χ2v) is 6.08. The van der Waals surface area contributed by atoms with Crippen molar-refractivity contribution in [3.05, 3.63) is 0 Å². The van der Waals surface area contributed by atoms with Crippen LogP contribution in [0.15, 0.2) is 0 Å². The smallest absolute Gasteiger partial charge is 0.222 e. The third kappa shape index (κ3) is 4.52. The Morgan fingerprint density at radius 2 is 1.94 bits per heavy atom. The molecule has 0 unspecified atom stereocenters. The topological polar surface area (TPSA) is 29.5 Å². The highest BCUT2D eigenvalue weighted by atomic mass is 16.5. The van der Waals surface area contributed by atoms with Crippen molar-refractivity contribution in [2.45, 2.75) is 59.2 Å². The average molecular weight is 227 g/mol. The first-order chi connectivity index (χ1) is 7.28. The predicted octanol–water partition coefficient (Wildman–Crippen LogP) is 2.45. The van der Waals surface area contributed by atoms with Crippen LogP contribution in [-0.2, 0) is 9.53 Å². The van der Waals surface area contributed by atoms with E-state index in [0.717, 1.165) is 19.5 Å². The summed E-state index contributed by atoms with van der Waals surface area (Å²) in [5.41, 5.74) is -0.0995. The highest BCUT2D eigenvalue weighted by Crippen LogP contribution is 2.20. The van der Waals surface area contributed by atoms with Gasteiger partial charge in [-0.3, -0.25) is 4.79 Å². The summed E-state index contributed by atoms with van der Waals surface area (Å²) >= 11 is 0. The Labute approximate surface area is 99.1 Å². The molecule has 0 aromatic carbocycles. The van der Waals surface area contributed by atoms with E-state index in [2.05, 4.69) is 34.6 Å². The summed E-state index contributed by atoms with van der Waals surface area (Å²) in [4.78, 5) is 13.6. The number of rotatable bonds is 4. The Morgan fingerprint density at radius 3 is 2.38 bits per heavy atom. The van der Waals surface area contributed by atoms with E-state index in [-0.39, 0.29) is 17.6 Å². The normalized spacial score (nSPS) is 17.8. The Balaban J connectivity index is 2.18. The van der Waals surface area contributed by atoms with Gasteiger partial charge in [0.15, 0.2) is 0 Å². The first-order valence-corrected chi connectivity index (χ1v) is 6.23. The fraction of sp³-hybridized carbons (Fsp3) is 0.923. The molecular weight excluding hydrogens is 202 g/mol. The minimum absolute atomic E-state index is 0.0995. The molecule has 0 aliphatic carbocycles. The minimum Gasteiger partial charge on any atom is -0.369 e. The average Bonchev–Trinajstić information content (AvgIpc) is 2.05. The van der Waals surface area contributed by atoms with Gasteiger partial charge in [0.25, 0.3) is 0 Å². The molecule has 0 atom stereocenters. The summed E-state index contributed by atoms with van der Waals surface area (Å²) in [6, 6.07) is 0. The molecule has 3 nitrogen and oxygen atoms in total. The van der Waals surface area contributed by atoms with E-state index in [1.807, 2.05) is 4.90 Å². The van der Waals surface area contributed by atoms with Gasteiger partial charge in [0.05, 0.1) is 11.7 Å². The maximum absolute atomic E-state index is 11.7. The minimum atomic E-state index is -0.0995. The lowest BCUT2D eigenvalue weighted by Crippen LogP contribution is -2.56. The lowest BCUT2D eigenvalue weighted by atomic mass is 10.0. The Kier molecular flexibility index (Phi) is 4.36. The van der Waals surface area contributed by atoms with Gasteiger partial charge in [0.2, 0.25) is 5.91 Å². The van der Waals surface area contributed by atoms with E-state index in [9.17, 15) is 4.79 Å². The molecule has 0 aromatic heterocycles. The second-order valence-electron chi connectivity index (χ2n) is 6.08. The molecule has 1 aliphatic heterocycles. The Morgan fingerprint density at radius 1 is 1.38 bits per heavy atom. The standard InChI is InChI=1S/C13H25NO2/c1-10(2)6-7-12(15)14-8-11(9-14)16-13(3,4)5/h10-11H,6-9H2,1-5H3. The molecular formula is C13H25NO2. The number of nitrogens with zero attached hydrogens (tertiary/aromatic N) is 1. The summed E-state index contributed by atoms with van der Waals surface area (Å²) in [5, 5.41) is 0. The van der Waals surface area contributed by atoms with Crippen molar-refractivity contribution in [2.75, 3.05) is 13.1 Å². The van der Waals surface area contributed by atoms with Gasteiger partial charge in [-0.05, 0) is 33.1 Å². The lowest BCUT2D eigenvalue weighted by molar-refractivity contribution is -0.157. The number of hydrogen-bond donors (Lipinski definition) is 0. The summed E-state index contributed by atoms with van der Waals surface area (Å²) in [6.45, 7) is 12.0. The van der Waals surface area contributed by atoms with Crippen molar-refractivity contribution in [3.8, 4) is 0 Å². The van der Waals surface area contributed by atoms with Crippen LogP contribution in [0.5, 0.6) is 0 Å². The fourth-order valence-electron chi connectivity index (χ4n) is 1.79. The van der Waals surface area contributed by atoms with Gasteiger partial charge in [-0.15, -0.1) is 0 Å². The molecule has 0 aromatic rings. The van der Waals surface area contributed by atoms with E-state index in [1.165, 1.54) is 0 Å². The van der Waals surface area contributed by atoms with E-state index in [4.69, 9.17) is 4.74 Å². The van der Waals surface area contributed by atoms with Crippen molar-refractivity contribution in [3.63, 3.8) is 0 Å². The van der Waals surface area contributed by atoms with Crippen molar-refractivity contribution in [1.29, 1.82) is 0 Å². The van der Waals surface area contributed by atoms with Crippen molar-refractivity contribution in [1.82, 2.24) is 4.90 Å². The van der Waals surface area contributed by atoms with Crippen molar-refractivity contribution < 1.29 is 9.53 Å². The molecule has 1 rings (SSSR count). The highest BCUT2D eigenvalue weighted by Gasteiger charge is 2.33. The number of ether oxygens (including phenoxy) is 1. The number of carbonyl (C=O) groups excluding carboxylic acids is 1. The zero-order chi connectivity index (χ0) is 12.3. The summed E-state index contributed by atoms with van der Waals surface area (Å²) < 4.78 is 5.79. The van der Waals surface area contributed by atoms with Gasteiger partial charge in [-0.2, -0.15) is 0 Å². The van der Waals surface area contributed by atoms with Crippen LogP contribution in [0.2, 0.25) is 0 Å². The van der Waals surface area contributed by atoms with Crippen molar-refractivity contribution in [2.24, 2.45) is 5.92 Å². The third-order valence-electron chi connectivity index (χ3n) is 2.66. The van der Waals surface area contributed by atoms with Crippen LogP contribution >= 0.6 is 0 Å². The molecule has 1 aliphatic rings. The van der Waals surface area contributed by atoms with Crippen LogP contribution in [0.4, 0.5) is 0 Å². The summed E-state index contributed by atoms with van der Waals surface area (Å²) in [6.07, 6.45) is 1.91. The predicted molar refractivity (Wildman–Crippen MR) is 65.3 cm³/mol. The van der Waals surface area contributed by atoms with Gasteiger partial charge in [0.1, 0.15) is 0 Å². The van der Waals surface area contributed by atoms with E-state index in [1.54, 1.807) is 0 Å².